The summed E-state index contributed by atoms with van der Waals surface area (Å²) in [6.45, 7) is 2.33. The van der Waals surface area contributed by atoms with Crippen molar-refractivity contribution in [2.45, 2.75) is 19.9 Å². The molecule has 0 aliphatic heterocycles. The third kappa shape index (κ3) is 4.03. The number of hydrogen-bond donors (Lipinski definition) is 2. The van der Waals surface area contributed by atoms with Crippen molar-refractivity contribution in [1.29, 1.82) is 0 Å². The van der Waals surface area contributed by atoms with Gasteiger partial charge in [0, 0.05) is 17.0 Å². The Morgan fingerprint density at radius 1 is 1.11 bits per heavy atom. The van der Waals surface area contributed by atoms with Crippen LogP contribution in [0.3, 0.4) is 0 Å². The Hall–Kier alpha value is -2.28. The van der Waals surface area contributed by atoms with Crippen LogP contribution in [0, 0.1) is 0 Å². The van der Waals surface area contributed by atoms with Gasteiger partial charge in [-0.25, -0.2) is 4.68 Å². The Bertz CT molecular complexity index is 1060. The Morgan fingerprint density at radius 3 is 2.37 bits per heavy atom. The largest absolute Gasteiger partial charge is 0.295 e. The lowest BCUT2D eigenvalue weighted by Gasteiger charge is -2.14. The van der Waals surface area contributed by atoms with Gasteiger partial charge >= 0.3 is 0 Å². The number of aromatic nitrogens is 2. The van der Waals surface area contributed by atoms with Gasteiger partial charge in [0.1, 0.15) is 0 Å². The maximum atomic E-state index is 12.7. The Morgan fingerprint density at radius 2 is 1.74 bits per heavy atom. The number of rotatable bonds is 5. The lowest BCUT2D eigenvalue weighted by molar-refractivity contribution is 0.0957. The van der Waals surface area contributed by atoms with E-state index in [2.05, 4.69) is 16.0 Å². The van der Waals surface area contributed by atoms with E-state index < -0.39 is 5.91 Å². The zero-order valence-corrected chi connectivity index (χ0v) is 16.5. The number of nitrogens with one attached hydrogen (secondary N) is 2. The number of carbonyl (C=O) groups is 1. The van der Waals surface area contributed by atoms with Gasteiger partial charge in [0.25, 0.3) is 11.5 Å². The number of halogens is 3. The maximum Gasteiger partial charge on any atom is 0.290 e. The average molecular weight is 426 g/mol. The smallest absolute Gasteiger partial charge is 0.290 e. The number of carbonyl (C=O) groups excluding carboxylic acids is 1. The van der Waals surface area contributed by atoms with Gasteiger partial charge in [-0.2, -0.15) is 5.10 Å². The monoisotopic (exact) mass is 424 g/mol. The molecule has 0 saturated heterocycles. The topological polar surface area (TPSA) is 76.0 Å². The molecule has 0 fully saturated rings. The molecule has 2 N–H and O–H groups in total. The third-order valence-electron chi connectivity index (χ3n) is 3.83. The first kappa shape index (κ1) is 19.5. The van der Waals surface area contributed by atoms with Gasteiger partial charge in [-0.05, 0) is 24.6 Å². The van der Waals surface area contributed by atoms with Crippen LogP contribution in [0.5, 0.6) is 0 Å². The minimum absolute atomic E-state index is 0.118. The minimum atomic E-state index is -0.530. The SMILES string of the molecule is CCCn1nc(C(=O)NNc2c(Cl)cc(Cl)cc2Cl)c2ccccc2c1=O. The number of aryl methyl sites for hydroxylation is 1. The summed E-state index contributed by atoms with van der Waals surface area (Å²) < 4.78 is 1.29. The van der Waals surface area contributed by atoms with Crippen molar-refractivity contribution < 1.29 is 4.79 Å². The quantitative estimate of drug-likeness (QED) is 0.589. The molecule has 9 heteroatoms. The summed E-state index contributed by atoms with van der Waals surface area (Å²) in [4.78, 5) is 25.2. The van der Waals surface area contributed by atoms with Crippen LogP contribution in [-0.4, -0.2) is 15.7 Å². The van der Waals surface area contributed by atoms with Crippen molar-refractivity contribution >= 4 is 57.2 Å². The molecule has 3 aromatic rings. The zero-order chi connectivity index (χ0) is 19.6. The van der Waals surface area contributed by atoms with E-state index in [1.165, 1.54) is 16.8 Å². The molecule has 1 aromatic heterocycles. The van der Waals surface area contributed by atoms with Crippen LogP contribution in [0.25, 0.3) is 10.8 Å². The van der Waals surface area contributed by atoms with Crippen LogP contribution < -0.4 is 16.4 Å². The van der Waals surface area contributed by atoms with E-state index in [4.69, 9.17) is 34.8 Å². The van der Waals surface area contributed by atoms with Gasteiger partial charge in [-0.1, -0.05) is 59.9 Å². The van der Waals surface area contributed by atoms with Gasteiger partial charge in [0.05, 0.1) is 21.1 Å². The summed E-state index contributed by atoms with van der Waals surface area (Å²) in [5, 5.41) is 5.99. The molecule has 0 unspecified atom stereocenters. The molecule has 1 amide bonds. The van der Waals surface area contributed by atoms with Crippen molar-refractivity contribution in [3.05, 3.63) is 67.5 Å². The van der Waals surface area contributed by atoms with Crippen molar-refractivity contribution in [3.63, 3.8) is 0 Å². The molecule has 0 saturated carbocycles. The first-order chi connectivity index (χ1) is 12.9. The fourth-order valence-electron chi connectivity index (χ4n) is 2.61. The van der Waals surface area contributed by atoms with Crippen LogP contribution >= 0.6 is 34.8 Å². The Labute approximate surface area is 170 Å². The Balaban J connectivity index is 1.96. The van der Waals surface area contributed by atoms with Gasteiger partial charge in [-0.3, -0.25) is 20.4 Å². The molecule has 6 nitrogen and oxygen atoms in total. The first-order valence-corrected chi connectivity index (χ1v) is 9.26. The standard InChI is InChI=1S/C18H15Cl3N4O2/c1-2-7-25-18(27)12-6-4-3-5-11(12)15(24-25)17(26)23-22-16-13(20)8-10(19)9-14(16)21/h3-6,8-9,22H,2,7H2,1H3,(H,23,26). The maximum absolute atomic E-state index is 12.7. The summed E-state index contributed by atoms with van der Waals surface area (Å²) in [5.74, 6) is -0.530. The molecule has 0 atom stereocenters. The molecule has 0 bridgehead atoms. The van der Waals surface area contributed by atoms with E-state index in [9.17, 15) is 9.59 Å². The molecular weight excluding hydrogens is 411 g/mol. The molecule has 0 aliphatic rings. The number of nitrogens with zero attached hydrogens (tertiary/aromatic N) is 2. The van der Waals surface area contributed by atoms with Crippen LogP contribution in [0.4, 0.5) is 5.69 Å². The van der Waals surface area contributed by atoms with Gasteiger partial charge in [0.15, 0.2) is 5.69 Å². The van der Waals surface area contributed by atoms with Crippen molar-refractivity contribution in [1.82, 2.24) is 15.2 Å². The highest BCUT2D eigenvalue weighted by Gasteiger charge is 2.17. The number of amides is 1. The molecule has 2 aromatic carbocycles. The normalized spacial score (nSPS) is 10.8. The van der Waals surface area contributed by atoms with Crippen LogP contribution in [0.2, 0.25) is 15.1 Å². The molecule has 0 spiro atoms. The number of benzene rings is 2. The molecule has 27 heavy (non-hydrogen) atoms. The number of anilines is 1. The average Bonchev–Trinajstić information content (AvgIpc) is 2.63. The highest BCUT2D eigenvalue weighted by molar-refractivity contribution is 6.41. The van der Waals surface area contributed by atoms with Crippen LogP contribution in [0.15, 0.2) is 41.2 Å². The summed E-state index contributed by atoms with van der Waals surface area (Å²) in [6.07, 6.45) is 0.709. The van der Waals surface area contributed by atoms with E-state index in [0.29, 0.717) is 34.4 Å². The van der Waals surface area contributed by atoms with Gasteiger partial charge < -0.3 is 0 Å². The zero-order valence-electron chi connectivity index (χ0n) is 14.2. The number of fused-ring (bicyclic) bond motifs is 1. The van der Waals surface area contributed by atoms with E-state index in [1.54, 1.807) is 24.3 Å². The first-order valence-electron chi connectivity index (χ1n) is 8.13. The fraction of sp³-hybridized carbons (Fsp3) is 0.167. The highest BCUT2D eigenvalue weighted by Crippen LogP contribution is 2.33. The minimum Gasteiger partial charge on any atom is -0.295 e. The van der Waals surface area contributed by atoms with E-state index in [0.717, 1.165) is 0 Å². The summed E-state index contributed by atoms with van der Waals surface area (Å²) in [6, 6.07) is 9.83. The van der Waals surface area contributed by atoms with Gasteiger partial charge in [0.2, 0.25) is 0 Å². The fourth-order valence-corrected chi connectivity index (χ4v) is 3.52. The highest BCUT2D eigenvalue weighted by atomic mass is 35.5. The number of hydrogen-bond acceptors (Lipinski definition) is 4. The molecule has 0 radical (unpaired) electrons. The van der Waals surface area contributed by atoms with Crippen molar-refractivity contribution in [2.75, 3.05) is 5.43 Å². The molecule has 1 heterocycles. The summed E-state index contributed by atoms with van der Waals surface area (Å²) in [7, 11) is 0. The summed E-state index contributed by atoms with van der Waals surface area (Å²) in [5.41, 5.74) is 5.40. The second-order valence-corrected chi connectivity index (χ2v) is 7.00. The van der Waals surface area contributed by atoms with Crippen molar-refractivity contribution in [2.24, 2.45) is 0 Å². The van der Waals surface area contributed by atoms with Crippen LogP contribution in [0.1, 0.15) is 23.8 Å². The van der Waals surface area contributed by atoms with Crippen molar-refractivity contribution in [3.8, 4) is 0 Å². The Kier molecular flexibility index (Phi) is 5.89. The predicted molar refractivity (Wildman–Crippen MR) is 109 cm³/mol. The van der Waals surface area contributed by atoms with Gasteiger partial charge in [-0.15, -0.1) is 0 Å². The second kappa shape index (κ2) is 8.17. The lowest BCUT2D eigenvalue weighted by Crippen LogP contribution is -2.33. The molecule has 3 rings (SSSR count). The predicted octanol–water partition coefficient (Wildman–Crippen LogP) is 4.52. The van der Waals surface area contributed by atoms with E-state index in [-0.39, 0.29) is 21.3 Å². The van der Waals surface area contributed by atoms with E-state index >= 15 is 0 Å². The van der Waals surface area contributed by atoms with Crippen LogP contribution in [-0.2, 0) is 6.54 Å². The number of hydrazine groups is 1. The lowest BCUT2D eigenvalue weighted by atomic mass is 10.1. The third-order valence-corrected chi connectivity index (χ3v) is 4.64. The molecule has 140 valence electrons. The van der Waals surface area contributed by atoms with E-state index in [1.807, 2.05) is 6.92 Å². The second-order valence-electron chi connectivity index (χ2n) is 5.75. The molecular formula is C18H15Cl3N4O2. The molecule has 0 aliphatic carbocycles. The summed E-state index contributed by atoms with van der Waals surface area (Å²) >= 11 is 18.1.